The average molecular weight is 408 g/mol. The SMILES string of the molecule is CCOC(=O)Cc1nnc(S[C@@H](C)c2nc3sc(C)c(C)c3c(=O)[nH]2)n1C. The number of carbonyl (C=O) groups excluding carboxylic acids is 1. The lowest BCUT2D eigenvalue weighted by Crippen LogP contribution is -2.13. The second kappa shape index (κ2) is 7.81. The number of fused-ring (bicyclic) bond motifs is 1. The second-order valence-electron chi connectivity index (χ2n) is 6.11. The Morgan fingerprint density at radius 2 is 2.11 bits per heavy atom. The molecule has 27 heavy (non-hydrogen) atoms. The number of aromatic nitrogens is 5. The molecule has 0 aliphatic rings. The molecule has 0 aliphatic carbocycles. The largest absolute Gasteiger partial charge is 0.466 e. The molecule has 0 spiro atoms. The normalized spacial score (nSPS) is 12.5. The quantitative estimate of drug-likeness (QED) is 0.495. The number of nitrogens with zero attached hydrogens (tertiary/aromatic N) is 4. The Morgan fingerprint density at radius 3 is 2.81 bits per heavy atom. The van der Waals surface area contributed by atoms with Gasteiger partial charge < -0.3 is 14.3 Å². The summed E-state index contributed by atoms with van der Waals surface area (Å²) in [5.41, 5.74) is 0.859. The Balaban J connectivity index is 1.83. The summed E-state index contributed by atoms with van der Waals surface area (Å²) in [6.45, 7) is 7.97. The van der Waals surface area contributed by atoms with Crippen molar-refractivity contribution in [2.45, 2.75) is 44.5 Å². The summed E-state index contributed by atoms with van der Waals surface area (Å²) in [7, 11) is 1.80. The molecule has 0 aliphatic heterocycles. The van der Waals surface area contributed by atoms with Crippen LogP contribution in [0.5, 0.6) is 0 Å². The monoisotopic (exact) mass is 407 g/mol. The van der Waals surface area contributed by atoms with Crippen LogP contribution in [0.25, 0.3) is 10.2 Å². The van der Waals surface area contributed by atoms with Crippen LogP contribution in [0.1, 0.15) is 41.2 Å². The summed E-state index contributed by atoms with van der Waals surface area (Å²) in [6, 6.07) is 0. The molecule has 0 saturated carbocycles. The zero-order valence-electron chi connectivity index (χ0n) is 15.8. The third kappa shape index (κ3) is 3.91. The van der Waals surface area contributed by atoms with Crippen LogP contribution in [-0.2, 0) is 23.0 Å². The highest BCUT2D eigenvalue weighted by atomic mass is 32.2. The fraction of sp³-hybridized carbons (Fsp3) is 0.471. The first kappa shape index (κ1) is 19.6. The molecule has 3 aromatic rings. The summed E-state index contributed by atoms with van der Waals surface area (Å²) in [6.07, 6.45) is 0.0705. The van der Waals surface area contributed by atoms with Crippen LogP contribution in [-0.4, -0.2) is 37.3 Å². The van der Waals surface area contributed by atoms with E-state index in [-0.39, 0.29) is 23.2 Å². The average Bonchev–Trinajstić information content (AvgIpc) is 3.09. The molecule has 0 fully saturated rings. The van der Waals surface area contributed by atoms with Crippen LogP contribution in [0.3, 0.4) is 0 Å². The molecule has 144 valence electrons. The lowest BCUT2D eigenvalue weighted by atomic mass is 10.2. The first-order chi connectivity index (χ1) is 12.8. The molecule has 3 heterocycles. The number of aromatic amines is 1. The summed E-state index contributed by atoms with van der Waals surface area (Å²) < 4.78 is 6.71. The van der Waals surface area contributed by atoms with E-state index < -0.39 is 0 Å². The van der Waals surface area contributed by atoms with Gasteiger partial charge in [-0.05, 0) is 33.3 Å². The van der Waals surface area contributed by atoms with Gasteiger partial charge in [-0.1, -0.05) is 11.8 Å². The Labute approximate surface area is 164 Å². The second-order valence-corrected chi connectivity index (χ2v) is 8.63. The Kier molecular flexibility index (Phi) is 5.66. The minimum atomic E-state index is -0.336. The van der Waals surface area contributed by atoms with Gasteiger partial charge in [-0.25, -0.2) is 4.98 Å². The van der Waals surface area contributed by atoms with E-state index in [1.165, 1.54) is 23.1 Å². The summed E-state index contributed by atoms with van der Waals surface area (Å²) in [5.74, 6) is 0.788. The molecule has 0 unspecified atom stereocenters. The van der Waals surface area contributed by atoms with Crippen molar-refractivity contribution in [2.75, 3.05) is 6.61 Å². The third-order valence-electron chi connectivity index (χ3n) is 4.26. The van der Waals surface area contributed by atoms with Gasteiger partial charge in [0.05, 0.1) is 17.2 Å². The molecule has 1 atom stereocenters. The first-order valence-electron chi connectivity index (χ1n) is 8.52. The number of ether oxygens (including phenoxy) is 1. The maximum absolute atomic E-state index is 12.5. The van der Waals surface area contributed by atoms with E-state index in [0.29, 0.717) is 28.8 Å². The zero-order valence-corrected chi connectivity index (χ0v) is 17.5. The number of hydrogen-bond acceptors (Lipinski definition) is 8. The predicted octanol–water partition coefficient (Wildman–Crippen LogP) is 2.69. The van der Waals surface area contributed by atoms with E-state index in [1.807, 2.05) is 20.8 Å². The lowest BCUT2D eigenvalue weighted by molar-refractivity contribution is -0.142. The topological polar surface area (TPSA) is 103 Å². The highest BCUT2D eigenvalue weighted by molar-refractivity contribution is 7.99. The molecule has 0 bridgehead atoms. The molecule has 3 aromatic heterocycles. The molecular weight excluding hydrogens is 386 g/mol. The summed E-state index contributed by atoms with van der Waals surface area (Å²) in [4.78, 5) is 33.5. The number of nitrogens with one attached hydrogen (secondary N) is 1. The van der Waals surface area contributed by atoms with Gasteiger partial charge >= 0.3 is 5.97 Å². The van der Waals surface area contributed by atoms with Crippen LogP contribution in [0.4, 0.5) is 0 Å². The van der Waals surface area contributed by atoms with Crippen molar-refractivity contribution < 1.29 is 9.53 Å². The molecule has 3 rings (SSSR count). The molecule has 1 N–H and O–H groups in total. The fourth-order valence-electron chi connectivity index (χ4n) is 2.62. The maximum atomic E-state index is 12.5. The molecule has 8 nitrogen and oxygen atoms in total. The number of aryl methyl sites for hydroxylation is 2. The first-order valence-corrected chi connectivity index (χ1v) is 10.2. The molecule has 0 amide bonds. The van der Waals surface area contributed by atoms with Crippen molar-refractivity contribution >= 4 is 39.3 Å². The number of hydrogen-bond donors (Lipinski definition) is 1. The minimum absolute atomic E-state index is 0.0705. The highest BCUT2D eigenvalue weighted by Crippen LogP contribution is 2.33. The summed E-state index contributed by atoms with van der Waals surface area (Å²) >= 11 is 2.95. The predicted molar refractivity (Wildman–Crippen MR) is 105 cm³/mol. The Hall–Kier alpha value is -2.20. The van der Waals surface area contributed by atoms with Crippen LogP contribution >= 0.6 is 23.1 Å². The molecular formula is C17H21N5O3S2. The number of carbonyl (C=O) groups is 1. The van der Waals surface area contributed by atoms with E-state index in [2.05, 4.69) is 20.2 Å². The number of thiophene rings is 1. The van der Waals surface area contributed by atoms with E-state index in [0.717, 1.165) is 15.3 Å². The van der Waals surface area contributed by atoms with Crippen molar-refractivity contribution in [3.63, 3.8) is 0 Å². The number of rotatable bonds is 6. The van der Waals surface area contributed by atoms with Crippen molar-refractivity contribution in [3.05, 3.63) is 32.4 Å². The zero-order chi connectivity index (χ0) is 19.7. The lowest BCUT2D eigenvalue weighted by Gasteiger charge is -2.10. The highest BCUT2D eigenvalue weighted by Gasteiger charge is 2.20. The van der Waals surface area contributed by atoms with Gasteiger partial charge in [0.15, 0.2) is 5.16 Å². The molecule has 0 radical (unpaired) electrons. The van der Waals surface area contributed by atoms with Gasteiger partial charge in [0.25, 0.3) is 5.56 Å². The molecule has 0 saturated heterocycles. The Morgan fingerprint density at radius 1 is 1.37 bits per heavy atom. The summed E-state index contributed by atoms with van der Waals surface area (Å²) in [5, 5.41) is 9.38. The van der Waals surface area contributed by atoms with Crippen molar-refractivity contribution in [1.82, 2.24) is 24.7 Å². The van der Waals surface area contributed by atoms with E-state index in [1.54, 1.807) is 18.5 Å². The van der Waals surface area contributed by atoms with Gasteiger partial charge in [-0.15, -0.1) is 21.5 Å². The van der Waals surface area contributed by atoms with Crippen LogP contribution in [0.15, 0.2) is 9.95 Å². The van der Waals surface area contributed by atoms with Crippen molar-refractivity contribution in [1.29, 1.82) is 0 Å². The van der Waals surface area contributed by atoms with Gasteiger partial charge in [0.2, 0.25) is 0 Å². The third-order valence-corrected chi connectivity index (χ3v) is 6.50. The van der Waals surface area contributed by atoms with Crippen molar-refractivity contribution in [2.24, 2.45) is 7.05 Å². The van der Waals surface area contributed by atoms with Gasteiger partial charge in [-0.3, -0.25) is 9.59 Å². The van der Waals surface area contributed by atoms with Crippen LogP contribution < -0.4 is 5.56 Å². The fourth-order valence-corrected chi connectivity index (χ4v) is 4.55. The standard InChI is InChI=1S/C17H21N5O3S2/c1-6-25-12(23)7-11-20-21-17(22(11)5)27-10(4)14-18-15(24)13-8(2)9(3)26-16(13)19-14/h10H,6-7H2,1-5H3,(H,18,19,24)/t10-/m0/s1. The van der Waals surface area contributed by atoms with Crippen LogP contribution in [0, 0.1) is 13.8 Å². The van der Waals surface area contributed by atoms with Crippen LogP contribution in [0.2, 0.25) is 0 Å². The van der Waals surface area contributed by atoms with E-state index in [4.69, 9.17) is 4.74 Å². The van der Waals surface area contributed by atoms with Gasteiger partial charge in [-0.2, -0.15) is 0 Å². The number of H-pyrrole nitrogens is 1. The number of thioether (sulfide) groups is 1. The van der Waals surface area contributed by atoms with Gasteiger partial charge in [0.1, 0.15) is 22.9 Å². The maximum Gasteiger partial charge on any atom is 0.313 e. The smallest absolute Gasteiger partial charge is 0.313 e. The molecule has 0 aromatic carbocycles. The minimum Gasteiger partial charge on any atom is -0.466 e. The van der Waals surface area contributed by atoms with Gasteiger partial charge in [0, 0.05) is 11.9 Å². The van der Waals surface area contributed by atoms with Crippen molar-refractivity contribution in [3.8, 4) is 0 Å². The number of esters is 1. The Bertz CT molecular complexity index is 1050. The molecule has 10 heteroatoms. The van der Waals surface area contributed by atoms with E-state index >= 15 is 0 Å². The van der Waals surface area contributed by atoms with E-state index in [9.17, 15) is 9.59 Å².